The van der Waals surface area contributed by atoms with Gasteiger partial charge in [0, 0.05) is 32.2 Å². The lowest BCUT2D eigenvalue weighted by atomic mass is 10.2. The van der Waals surface area contributed by atoms with Crippen LogP contribution < -0.4 is 0 Å². The van der Waals surface area contributed by atoms with Crippen LogP contribution in [0, 0.1) is 11.8 Å². The van der Waals surface area contributed by atoms with Gasteiger partial charge < -0.3 is 4.90 Å². The average Bonchev–Trinajstić information content (AvgIpc) is 2.42. The van der Waals surface area contributed by atoms with Gasteiger partial charge in [0.1, 0.15) is 0 Å². The molecule has 98 valence electrons. The van der Waals surface area contributed by atoms with Gasteiger partial charge in [-0.3, -0.25) is 9.78 Å². The molecule has 0 aromatic carbocycles. The van der Waals surface area contributed by atoms with Crippen LogP contribution in [-0.4, -0.2) is 27.8 Å². The summed E-state index contributed by atoms with van der Waals surface area (Å²) in [5, 5.41) is 0. The fourth-order valence-electron chi connectivity index (χ4n) is 1.63. The van der Waals surface area contributed by atoms with E-state index in [4.69, 9.17) is 0 Å². The molecule has 1 amide bonds. The highest BCUT2D eigenvalue weighted by atomic mass is 19.2. The van der Waals surface area contributed by atoms with Crippen molar-refractivity contribution in [2.24, 2.45) is 0 Å². The van der Waals surface area contributed by atoms with Gasteiger partial charge in [0.2, 0.25) is 5.95 Å². The fraction of sp³-hybridized carbons (Fsp3) is 0.154. The molecule has 0 fully saturated rings. The van der Waals surface area contributed by atoms with Crippen LogP contribution in [0.2, 0.25) is 0 Å². The first-order chi connectivity index (χ1) is 9.09. The van der Waals surface area contributed by atoms with Crippen molar-refractivity contribution in [2.45, 2.75) is 6.54 Å². The molecule has 0 aliphatic heterocycles. The van der Waals surface area contributed by atoms with E-state index in [2.05, 4.69) is 9.97 Å². The van der Waals surface area contributed by atoms with Crippen molar-refractivity contribution in [3.63, 3.8) is 0 Å². The molecule has 0 bridgehead atoms. The van der Waals surface area contributed by atoms with Crippen LogP contribution in [0.3, 0.4) is 0 Å². The van der Waals surface area contributed by atoms with Crippen LogP contribution in [-0.2, 0) is 6.54 Å². The van der Waals surface area contributed by atoms with Crippen molar-refractivity contribution >= 4 is 5.91 Å². The summed E-state index contributed by atoms with van der Waals surface area (Å²) in [5.41, 5.74) is 0.465. The lowest BCUT2D eigenvalue weighted by Gasteiger charge is -2.17. The highest BCUT2D eigenvalue weighted by molar-refractivity contribution is 5.94. The number of nitrogens with zero attached hydrogens (tertiary/aromatic N) is 3. The highest BCUT2D eigenvalue weighted by Crippen LogP contribution is 2.12. The number of aromatic nitrogens is 2. The lowest BCUT2D eigenvalue weighted by Crippen LogP contribution is -2.27. The molecule has 4 nitrogen and oxygen atoms in total. The van der Waals surface area contributed by atoms with Gasteiger partial charge in [0.25, 0.3) is 5.91 Å². The lowest BCUT2D eigenvalue weighted by molar-refractivity contribution is 0.0778. The fourth-order valence-corrected chi connectivity index (χ4v) is 1.63. The number of hydrogen-bond donors (Lipinski definition) is 0. The molecule has 0 spiro atoms. The molecule has 19 heavy (non-hydrogen) atoms. The minimum atomic E-state index is -1.28. The molecule has 0 N–H and O–H groups in total. The Kier molecular flexibility index (Phi) is 3.79. The molecule has 6 heteroatoms. The van der Waals surface area contributed by atoms with E-state index in [1.54, 1.807) is 24.5 Å². The van der Waals surface area contributed by atoms with Gasteiger partial charge in [-0.25, -0.2) is 9.37 Å². The van der Waals surface area contributed by atoms with Gasteiger partial charge in [-0.05, 0) is 17.7 Å². The summed E-state index contributed by atoms with van der Waals surface area (Å²) in [5.74, 6) is -3.12. The number of halogens is 2. The summed E-state index contributed by atoms with van der Waals surface area (Å²) in [6, 6.07) is 4.68. The second-order valence-corrected chi connectivity index (χ2v) is 3.99. The second-order valence-electron chi connectivity index (χ2n) is 3.99. The summed E-state index contributed by atoms with van der Waals surface area (Å²) < 4.78 is 26.4. The summed E-state index contributed by atoms with van der Waals surface area (Å²) in [6.07, 6.45) is 4.28. The first kappa shape index (κ1) is 13.1. The number of pyridine rings is 2. The Morgan fingerprint density at radius 2 is 2.11 bits per heavy atom. The number of carbonyl (C=O) groups excluding carboxylic acids is 1. The molecular weight excluding hydrogens is 252 g/mol. The van der Waals surface area contributed by atoms with Crippen LogP contribution in [0.15, 0.2) is 36.8 Å². The summed E-state index contributed by atoms with van der Waals surface area (Å²) in [4.78, 5) is 20.3. The van der Waals surface area contributed by atoms with Crippen molar-refractivity contribution < 1.29 is 13.6 Å². The molecule has 2 aromatic rings. The predicted octanol–water partition coefficient (Wildman–Crippen LogP) is 2.03. The third-order valence-corrected chi connectivity index (χ3v) is 2.57. The number of rotatable bonds is 3. The largest absolute Gasteiger partial charge is 0.337 e. The minimum Gasteiger partial charge on any atom is -0.337 e. The molecule has 2 aromatic heterocycles. The topological polar surface area (TPSA) is 46.1 Å². The highest BCUT2D eigenvalue weighted by Gasteiger charge is 2.19. The van der Waals surface area contributed by atoms with Crippen LogP contribution in [0.1, 0.15) is 15.9 Å². The monoisotopic (exact) mass is 263 g/mol. The van der Waals surface area contributed by atoms with Gasteiger partial charge in [-0.2, -0.15) is 4.39 Å². The molecule has 2 rings (SSSR count). The van der Waals surface area contributed by atoms with E-state index in [-0.39, 0.29) is 12.1 Å². The van der Waals surface area contributed by atoms with Crippen molar-refractivity contribution in [3.05, 3.63) is 59.7 Å². The summed E-state index contributed by atoms with van der Waals surface area (Å²) in [6.45, 7) is 0.260. The first-order valence-electron chi connectivity index (χ1n) is 5.54. The molecule has 0 aliphatic rings. The van der Waals surface area contributed by atoms with Gasteiger partial charge in [0.15, 0.2) is 5.82 Å². The Labute approximate surface area is 108 Å². The average molecular weight is 263 g/mol. The van der Waals surface area contributed by atoms with Gasteiger partial charge in [0.05, 0.1) is 5.56 Å². The minimum absolute atomic E-state index is 0.260. The van der Waals surface area contributed by atoms with E-state index in [0.29, 0.717) is 0 Å². The standard InChI is InChI=1S/C13H11F2N3O/c1-18(8-9-3-2-5-16-7-9)13(19)10-4-6-17-12(15)11(10)14/h2-7H,8H2,1H3. The normalized spacial score (nSPS) is 10.3. The van der Waals surface area contributed by atoms with Crippen molar-refractivity contribution in [1.82, 2.24) is 14.9 Å². The van der Waals surface area contributed by atoms with Crippen LogP contribution in [0.25, 0.3) is 0 Å². The van der Waals surface area contributed by atoms with E-state index >= 15 is 0 Å². The Balaban J connectivity index is 2.18. The molecule has 0 unspecified atom stereocenters. The van der Waals surface area contributed by atoms with Crippen LogP contribution in [0.4, 0.5) is 8.78 Å². The Morgan fingerprint density at radius 1 is 1.32 bits per heavy atom. The van der Waals surface area contributed by atoms with Crippen molar-refractivity contribution in [2.75, 3.05) is 7.05 Å². The maximum absolute atomic E-state index is 13.5. The van der Waals surface area contributed by atoms with E-state index in [1.807, 2.05) is 0 Å². The molecule has 2 heterocycles. The summed E-state index contributed by atoms with van der Waals surface area (Å²) >= 11 is 0. The first-order valence-corrected chi connectivity index (χ1v) is 5.54. The smallest absolute Gasteiger partial charge is 0.257 e. The van der Waals surface area contributed by atoms with Crippen LogP contribution >= 0.6 is 0 Å². The molecule has 0 atom stereocenters. The molecular formula is C13H11F2N3O. The van der Waals surface area contributed by atoms with Crippen molar-refractivity contribution in [3.8, 4) is 0 Å². The van der Waals surface area contributed by atoms with Gasteiger partial charge in [-0.1, -0.05) is 6.07 Å². The van der Waals surface area contributed by atoms with Gasteiger partial charge >= 0.3 is 0 Å². The zero-order valence-corrected chi connectivity index (χ0v) is 10.2. The number of hydrogen-bond acceptors (Lipinski definition) is 3. The Bertz CT molecular complexity index is 590. The SMILES string of the molecule is CN(Cc1cccnc1)C(=O)c1ccnc(F)c1F. The summed E-state index contributed by atoms with van der Waals surface area (Å²) in [7, 11) is 1.51. The maximum atomic E-state index is 13.5. The Morgan fingerprint density at radius 3 is 2.79 bits per heavy atom. The zero-order chi connectivity index (χ0) is 13.8. The van der Waals surface area contributed by atoms with E-state index in [1.165, 1.54) is 11.9 Å². The van der Waals surface area contributed by atoms with Crippen molar-refractivity contribution in [1.29, 1.82) is 0 Å². The third kappa shape index (κ3) is 2.90. The predicted molar refractivity (Wildman–Crippen MR) is 64.2 cm³/mol. The van der Waals surface area contributed by atoms with Crippen LogP contribution in [0.5, 0.6) is 0 Å². The second kappa shape index (κ2) is 5.51. The van der Waals surface area contributed by atoms with Gasteiger partial charge in [-0.15, -0.1) is 0 Å². The number of carbonyl (C=O) groups is 1. The molecule has 0 saturated heterocycles. The van der Waals surface area contributed by atoms with E-state index < -0.39 is 17.7 Å². The molecule has 0 aliphatic carbocycles. The maximum Gasteiger partial charge on any atom is 0.257 e. The van der Waals surface area contributed by atoms with E-state index in [9.17, 15) is 13.6 Å². The molecule has 0 saturated carbocycles. The Hall–Kier alpha value is -2.37. The molecule has 0 radical (unpaired) electrons. The zero-order valence-electron chi connectivity index (χ0n) is 10.2. The third-order valence-electron chi connectivity index (χ3n) is 2.57. The quantitative estimate of drug-likeness (QED) is 0.796. The van der Waals surface area contributed by atoms with E-state index in [0.717, 1.165) is 17.8 Å². The number of amides is 1.